The van der Waals surface area contributed by atoms with Crippen LogP contribution < -0.4 is 15.6 Å². The van der Waals surface area contributed by atoms with Crippen molar-refractivity contribution < 1.29 is 9.53 Å². The molecule has 0 bridgehead atoms. The third kappa shape index (κ3) is 3.89. The summed E-state index contributed by atoms with van der Waals surface area (Å²) < 4.78 is 6.34. The van der Waals surface area contributed by atoms with Gasteiger partial charge in [0, 0.05) is 11.6 Å². The minimum absolute atomic E-state index is 0.235. The summed E-state index contributed by atoms with van der Waals surface area (Å²) >= 11 is 1.25. The van der Waals surface area contributed by atoms with Gasteiger partial charge in [-0.2, -0.15) is 5.10 Å². The zero-order valence-electron chi connectivity index (χ0n) is 13.6. The van der Waals surface area contributed by atoms with Crippen molar-refractivity contribution in [1.82, 2.24) is 20.0 Å². The van der Waals surface area contributed by atoms with Gasteiger partial charge in [-0.15, -0.1) is 10.2 Å². The van der Waals surface area contributed by atoms with E-state index in [4.69, 9.17) is 4.74 Å². The van der Waals surface area contributed by atoms with E-state index in [2.05, 4.69) is 20.6 Å². The molecule has 3 aromatic rings. The van der Waals surface area contributed by atoms with Crippen LogP contribution >= 0.6 is 11.3 Å². The second kappa shape index (κ2) is 7.22. The van der Waals surface area contributed by atoms with Crippen LogP contribution in [0.15, 0.2) is 41.2 Å². The van der Waals surface area contributed by atoms with Crippen molar-refractivity contribution in [3.05, 3.63) is 51.8 Å². The molecule has 0 fully saturated rings. The fraction of sp³-hybridized carbons (Fsp3) is 0.188. The van der Waals surface area contributed by atoms with Crippen LogP contribution in [0.2, 0.25) is 0 Å². The van der Waals surface area contributed by atoms with Crippen LogP contribution in [0.4, 0.5) is 5.13 Å². The van der Waals surface area contributed by atoms with Crippen LogP contribution in [-0.4, -0.2) is 33.0 Å². The molecule has 0 radical (unpaired) electrons. The molecule has 8 nitrogen and oxygen atoms in total. The minimum atomic E-state index is -0.430. The zero-order valence-corrected chi connectivity index (χ0v) is 14.4. The van der Waals surface area contributed by atoms with Crippen molar-refractivity contribution in [3.63, 3.8) is 0 Å². The van der Waals surface area contributed by atoms with Gasteiger partial charge in [0.25, 0.3) is 5.56 Å². The lowest BCUT2D eigenvalue weighted by Gasteiger charge is -2.11. The van der Waals surface area contributed by atoms with Gasteiger partial charge in [-0.25, -0.2) is 4.68 Å². The fourth-order valence-corrected chi connectivity index (χ4v) is 2.79. The van der Waals surface area contributed by atoms with Crippen molar-refractivity contribution >= 4 is 22.4 Å². The number of carbonyl (C=O) groups is 1. The first kappa shape index (κ1) is 16.8. The maximum Gasteiger partial charge on any atom is 0.270 e. The van der Waals surface area contributed by atoms with Gasteiger partial charge < -0.3 is 4.74 Å². The molecule has 0 aliphatic heterocycles. The molecule has 2 heterocycles. The molecular weight excluding hydrogens is 342 g/mol. The molecule has 1 amide bonds. The standard InChI is InChI=1S/C16H15N5O3S/c1-10-18-19-16(25-10)17-13(22)9-21-14(23)8-12(24-2)15(20-21)11-6-4-3-5-7-11/h3-8H,9H2,1-2H3,(H,17,19,22). The maximum absolute atomic E-state index is 12.2. The topological polar surface area (TPSA) is 99.0 Å². The van der Waals surface area contributed by atoms with E-state index in [1.165, 1.54) is 24.5 Å². The van der Waals surface area contributed by atoms with Crippen molar-refractivity contribution in [2.75, 3.05) is 12.4 Å². The molecule has 1 N–H and O–H groups in total. The average Bonchev–Trinajstić information content (AvgIpc) is 3.01. The molecular formula is C16H15N5O3S. The molecule has 3 rings (SSSR count). The first-order valence-corrected chi connectivity index (χ1v) is 8.20. The Balaban J connectivity index is 1.88. The number of aromatic nitrogens is 4. The van der Waals surface area contributed by atoms with E-state index in [9.17, 15) is 9.59 Å². The predicted molar refractivity (Wildman–Crippen MR) is 93.8 cm³/mol. The molecule has 0 aliphatic rings. The molecule has 0 spiro atoms. The molecule has 2 aromatic heterocycles. The van der Waals surface area contributed by atoms with Gasteiger partial charge in [0.2, 0.25) is 11.0 Å². The number of amides is 1. The molecule has 0 unspecified atom stereocenters. The Morgan fingerprint density at radius 1 is 1.28 bits per heavy atom. The maximum atomic E-state index is 12.2. The highest BCUT2D eigenvalue weighted by Gasteiger charge is 2.14. The number of nitrogens with zero attached hydrogens (tertiary/aromatic N) is 4. The Morgan fingerprint density at radius 2 is 2.04 bits per heavy atom. The van der Waals surface area contributed by atoms with Crippen molar-refractivity contribution in [1.29, 1.82) is 0 Å². The molecule has 128 valence electrons. The lowest BCUT2D eigenvalue weighted by atomic mass is 10.1. The highest BCUT2D eigenvalue weighted by atomic mass is 32.1. The summed E-state index contributed by atoms with van der Waals surface area (Å²) in [6.07, 6.45) is 0. The predicted octanol–water partition coefficient (Wildman–Crippen LogP) is 1.72. The van der Waals surface area contributed by atoms with Crippen LogP contribution in [0.5, 0.6) is 5.75 Å². The van der Waals surface area contributed by atoms with E-state index in [0.29, 0.717) is 16.6 Å². The number of nitrogens with one attached hydrogen (secondary N) is 1. The summed E-state index contributed by atoms with van der Waals surface area (Å²) in [6, 6.07) is 10.6. The van der Waals surface area contributed by atoms with Crippen molar-refractivity contribution in [2.45, 2.75) is 13.5 Å². The first-order chi connectivity index (χ1) is 12.1. The Labute approximate surface area is 147 Å². The fourth-order valence-electron chi connectivity index (χ4n) is 2.18. The number of hydrogen-bond donors (Lipinski definition) is 1. The Bertz CT molecular complexity index is 952. The van der Waals surface area contributed by atoms with Gasteiger partial charge in [-0.3, -0.25) is 14.9 Å². The summed E-state index contributed by atoms with van der Waals surface area (Å²) in [5.74, 6) is -0.0532. The largest absolute Gasteiger partial charge is 0.494 e. The quantitative estimate of drug-likeness (QED) is 0.746. The van der Waals surface area contributed by atoms with E-state index in [1.807, 2.05) is 30.3 Å². The molecule has 25 heavy (non-hydrogen) atoms. The van der Waals surface area contributed by atoms with Gasteiger partial charge in [0.15, 0.2) is 5.75 Å². The summed E-state index contributed by atoms with van der Waals surface area (Å²) in [6.45, 7) is 1.55. The molecule has 0 saturated carbocycles. The van der Waals surface area contributed by atoms with Gasteiger partial charge in [-0.1, -0.05) is 41.7 Å². The second-order valence-electron chi connectivity index (χ2n) is 5.10. The monoisotopic (exact) mass is 357 g/mol. The number of benzene rings is 1. The third-order valence-electron chi connectivity index (χ3n) is 3.30. The number of carbonyl (C=O) groups excluding carboxylic acids is 1. The Kier molecular flexibility index (Phi) is 4.85. The highest BCUT2D eigenvalue weighted by Crippen LogP contribution is 2.25. The molecule has 9 heteroatoms. The normalized spacial score (nSPS) is 10.5. The van der Waals surface area contributed by atoms with Crippen LogP contribution in [0, 0.1) is 6.92 Å². The third-order valence-corrected chi connectivity index (χ3v) is 4.05. The molecule has 0 saturated heterocycles. The van der Waals surface area contributed by atoms with Gasteiger partial charge in [-0.05, 0) is 6.92 Å². The van der Waals surface area contributed by atoms with Gasteiger partial charge in [0.05, 0.1) is 7.11 Å². The van der Waals surface area contributed by atoms with E-state index in [0.717, 1.165) is 15.3 Å². The Morgan fingerprint density at radius 3 is 2.68 bits per heavy atom. The number of methoxy groups -OCH3 is 1. The number of hydrogen-bond acceptors (Lipinski definition) is 7. The molecule has 0 aliphatic carbocycles. The summed E-state index contributed by atoms with van der Waals surface area (Å²) in [7, 11) is 1.47. The Hall–Kier alpha value is -3.07. The van der Waals surface area contributed by atoms with E-state index in [-0.39, 0.29) is 6.54 Å². The SMILES string of the molecule is COc1cc(=O)n(CC(=O)Nc2nnc(C)s2)nc1-c1ccccc1. The van der Waals surface area contributed by atoms with Crippen LogP contribution in [0.1, 0.15) is 5.01 Å². The number of rotatable bonds is 5. The van der Waals surface area contributed by atoms with Gasteiger partial charge >= 0.3 is 0 Å². The second-order valence-corrected chi connectivity index (χ2v) is 6.28. The van der Waals surface area contributed by atoms with Crippen molar-refractivity contribution in [3.8, 4) is 17.0 Å². The van der Waals surface area contributed by atoms with Crippen LogP contribution in [0.3, 0.4) is 0 Å². The van der Waals surface area contributed by atoms with E-state index in [1.54, 1.807) is 6.92 Å². The number of aryl methyl sites for hydroxylation is 1. The van der Waals surface area contributed by atoms with Gasteiger partial charge in [0.1, 0.15) is 17.2 Å². The summed E-state index contributed by atoms with van der Waals surface area (Å²) in [5.41, 5.74) is 0.843. The molecule has 0 atom stereocenters. The first-order valence-electron chi connectivity index (χ1n) is 7.38. The summed E-state index contributed by atoms with van der Waals surface area (Å²) in [4.78, 5) is 24.3. The van der Waals surface area contributed by atoms with E-state index < -0.39 is 11.5 Å². The van der Waals surface area contributed by atoms with Crippen LogP contribution in [0.25, 0.3) is 11.3 Å². The minimum Gasteiger partial charge on any atom is -0.494 e. The average molecular weight is 357 g/mol. The van der Waals surface area contributed by atoms with Crippen LogP contribution in [-0.2, 0) is 11.3 Å². The lowest BCUT2D eigenvalue weighted by Crippen LogP contribution is -2.29. The van der Waals surface area contributed by atoms with Crippen molar-refractivity contribution in [2.24, 2.45) is 0 Å². The highest BCUT2D eigenvalue weighted by molar-refractivity contribution is 7.15. The van der Waals surface area contributed by atoms with E-state index >= 15 is 0 Å². The number of anilines is 1. The molecule has 1 aromatic carbocycles. The smallest absolute Gasteiger partial charge is 0.270 e. The summed E-state index contributed by atoms with van der Waals surface area (Å²) in [5, 5.41) is 15.7. The lowest BCUT2D eigenvalue weighted by molar-refractivity contribution is -0.117. The number of ether oxygens (including phenoxy) is 1. The zero-order chi connectivity index (χ0) is 17.8.